The van der Waals surface area contributed by atoms with Crippen LogP contribution in [0.2, 0.25) is 0 Å². The molecule has 1 amide bonds. The summed E-state index contributed by atoms with van der Waals surface area (Å²) in [5.41, 5.74) is 0.472. The molecular formula is C11H12ClN3O3S2. The second kappa shape index (κ2) is 5.94. The van der Waals surface area contributed by atoms with Crippen molar-refractivity contribution in [3.63, 3.8) is 0 Å². The van der Waals surface area contributed by atoms with Crippen molar-refractivity contribution in [1.82, 2.24) is 15.1 Å². The second-order valence-corrected chi connectivity index (χ2v) is 7.97. The number of carbonyl (C=O) groups is 1. The van der Waals surface area contributed by atoms with Crippen molar-refractivity contribution < 1.29 is 13.2 Å². The Labute approximate surface area is 124 Å². The molecule has 6 nitrogen and oxygen atoms in total. The first-order valence-electron chi connectivity index (χ1n) is 5.67. The van der Waals surface area contributed by atoms with Crippen molar-refractivity contribution in [2.24, 2.45) is 7.05 Å². The van der Waals surface area contributed by atoms with Crippen LogP contribution in [0.5, 0.6) is 0 Å². The molecule has 0 atom stereocenters. The number of nitrogens with one attached hydrogen (secondary N) is 1. The van der Waals surface area contributed by atoms with Crippen LogP contribution in [-0.4, -0.2) is 30.7 Å². The summed E-state index contributed by atoms with van der Waals surface area (Å²) in [6.45, 7) is 0.409. The topological polar surface area (TPSA) is 81.1 Å². The fourth-order valence-corrected chi connectivity index (χ4v) is 3.73. The highest BCUT2D eigenvalue weighted by Crippen LogP contribution is 2.24. The number of amides is 1. The predicted molar refractivity (Wildman–Crippen MR) is 76.6 cm³/mol. The van der Waals surface area contributed by atoms with Crippen molar-refractivity contribution in [2.75, 3.05) is 6.54 Å². The standard InChI is InChI=1S/C11H12ClN3O3S2/c1-15-9(5-7-14-15)11(16)13-6-4-8-2-3-10(19-8)20(12,17)18/h2-3,5,7H,4,6H2,1H3,(H,13,16). The molecule has 20 heavy (non-hydrogen) atoms. The molecule has 2 heterocycles. The van der Waals surface area contributed by atoms with E-state index in [4.69, 9.17) is 10.7 Å². The number of nitrogens with zero attached hydrogens (tertiary/aromatic N) is 2. The van der Waals surface area contributed by atoms with E-state index in [0.29, 0.717) is 18.7 Å². The SMILES string of the molecule is Cn1nccc1C(=O)NCCc1ccc(S(=O)(=O)Cl)s1. The van der Waals surface area contributed by atoms with Crippen molar-refractivity contribution in [3.8, 4) is 0 Å². The Morgan fingerprint density at radius 3 is 2.75 bits per heavy atom. The minimum atomic E-state index is -3.67. The van der Waals surface area contributed by atoms with Gasteiger partial charge in [-0.05, 0) is 24.6 Å². The smallest absolute Gasteiger partial charge is 0.270 e. The van der Waals surface area contributed by atoms with Crippen LogP contribution in [0.1, 0.15) is 15.4 Å². The molecule has 0 radical (unpaired) electrons. The number of rotatable bonds is 5. The van der Waals surface area contributed by atoms with Gasteiger partial charge in [-0.25, -0.2) is 8.42 Å². The van der Waals surface area contributed by atoms with Gasteiger partial charge in [0.15, 0.2) is 0 Å². The van der Waals surface area contributed by atoms with Gasteiger partial charge in [0.1, 0.15) is 9.90 Å². The number of hydrogen-bond acceptors (Lipinski definition) is 5. The molecule has 0 bridgehead atoms. The molecule has 0 saturated heterocycles. The highest BCUT2D eigenvalue weighted by molar-refractivity contribution is 8.15. The largest absolute Gasteiger partial charge is 0.350 e. The first-order chi connectivity index (χ1) is 9.38. The molecular weight excluding hydrogens is 322 g/mol. The molecule has 0 aliphatic carbocycles. The summed E-state index contributed by atoms with van der Waals surface area (Å²) in [6.07, 6.45) is 2.09. The van der Waals surface area contributed by atoms with Gasteiger partial charge in [0.2, 0.25) is 0 Å². The number of thiophene rings is 1. The molecule has 0 aliphatic rings. The van der Waals surface area contributed by atoms with Gasteiger partial charge in [-0.15, -0.1) is 11.3 Å². The van der Waals surface area contributed by atoms with E-state index in [-0.39, 0.29) is 10.1 Å². The van der Waals surface area contributed by atoms with E-state index in [1.165, 1.54) is 10.7 Å². The minimum Gasteiger partial charge on any atom is -0.350 e. The Morgan fingerprint density at radius 2 is 2.20 bits per heavy atom. The lowest BCUT2D eigenvalue weighted by Gasteiger charge is -2.04. The van der Waals surface area contributed by atoms with Gasteiger partial charge >= 0.3 is 0 Å². The van der Waals surface area contributed by atoms with E-state index < -0.39 is 9.05 Å². The van der Waals surface area contributed by atoms with E-state index >= 15 is 0 Å². The minimum absolute atomic E-state index is 0.118. The van der Waals surface area contributed by atoms with Crippen molar-refractivity contribution in [3.05, 3.63) is 35.0 Å². The van der Waals surface area contributed by atoms with Gasteiger partial charge in [0, 0.05) is 35.3 Å². The Morgan fingerprint density at radius 1 is 1.45 bits per heavy atom. The normalized spacial score (nSPS) is 11.5. The predicted octanol–water partition coefficient (Wildman–Crippen LogP) is 1.38. The van der Waals surface area contributed by atoms with Crippen LogP contribution in [0.15, 0.2) is 28.6 Å². The van der Waals surface area contributed by atoms with Crippen molar-refractivity contribution in [1.29, 1.82) is 0 Å². The number of halogens is 1. The lowest BCUT2D eigenvalue weighted by Crippen LogP contribution is -2.27. The number of carbonyl (C=O) groups excluding carboxylic acids is 1. The molecule has 2 rings (SSSR count). The van der Waals surface area contributed by atoms with Gasteiger partial charge in [-0.2, -0.15) is 5.10 Å². The van der Waals surface area contributed by atoms with Crippen LogP contribution in [0.25, 0.3) is 0 Å². The summed E-state index contributed by atoms with van der Waals surface area (Å²) in [4.78, 5) is 12.6. The number of aryl methyl sites for hydroxylation is 1. The second-order valence-electron chi connectivity index (χ2n) is 4.00. The summed E-state index contributed by atoms with van der Waals surface area (Å²) in [7, 11) is 3.26. The van der Waals surface area contributed by atoms with Gasteiger partial charge < -0.3 is 5.32 Å². The summed E-state index contributed by atoms with van der Waals surface area (Å²) in [6, 6.07) is 4.78. The van der Waals surface area contributed by atoms with Crippen LogP contribution in [-0.2, 0) is 22.5 Å². The zero-order chi connectivity index (χ0) is 14.8. The van der Waals surface area contributed by atoms with Gasteiger partial charge in [0.25, 0.3) is 15.0 Å². The summed E-state index contributed by atoms with van der Waals surface area (Å²) in [5.74, 6) is -0.216. The molecule has 0 unspecified atom stereocenters. The molecule has 0 spiro atoms. The first-order valence-corrected chi connectivity index (χ1v) is 8.80. The maximum Gasteiger partial charge on any atom is 0.270 e. The van der Waals surface area contributed by atoms with E-state index in [9.17, 15) is 13.2 Å². The molecule has 1 N–H and O–H groups in total. The lowest BCUT2D eigenvalue weighted by atomic mass is 10.3. The van der Waals surface area contributed by atoms with Gasteiger partial charge in [-0.3, -0.25) is 9.48 Å². The molecule has 2 aromatic rings. The summed E-state index contributed by atoms with van der Waals surface area (Å²) in [5, 5.41) is 6.66. The van der Waals surface area contributed by atoms with Crippen LogP contribution in [0.3, 0.4) is 0 Å². The van der Waals surface area contributed by atoms with E-state index in [0.717, 1.165) is 16.2 Å². The summed E-state index contributed by atoms with van der Waals surface area (Å²) < 4.78 is 23.8. The average Bonchev–Trinajstić information content (AvgIpc) is 2.97. The van der Waals surface area contributed by atoms with Crippen molar-refractivity contribution in [2.45, 2.75) is 10.6 Å². The zero-order valence-electron chi connectivity index (χ0n) is 10.5. The molecule has 108 valence electrons. The maximum absolute atomic E-state index is 11.8. The van der Waals surface area contributed by atoms with Crippen LogP contribution in [0.4, 0.5) is 0 Å². The van der Waals surface area contributed by atoms with E-state index in [1.54, 1.807) is 25.4 Å². The quantitative estimate of drug-likeness (QED) is 0.838. The highest BCUT2D eigenvalue weighted by Gasteiger charge is 2.13. The number of hydrogen-bond donors (Lipinski definition) is 1. The van der Waals surface area contributed by atoms with Crippen LogP contribution < -0.4 is 5.32 Å². The molecule has 0 aliphatic heterocycles. The lowest BCUT2D eigenvalue weighted by molar-refractivity contribution is 0.0945. The Bertz CT molecular complexity index is 721. The Hall–Kier alpha value is -1.38. The third-order valence-corrected chi connectivity index (χ3v) is 5.83. The molecule has 0 saturated carbocycles. The first kappa shape index (κ1) is 15.0. The summed E-state index contributed by atoms with van der Waals surface area (Å²) >= 11 is 1.10. The van der Waals surface area contributed by atoms with Crippen LogP contribution in [0, 0.1) is 0 Å². The monoisotopic (exact) mass is 333 g/mol. The van der Waals surface area contributed by atoms with Gasteiger partial charge in [0.05, 0.1) is 0 Å². The van der Waals surface area contributed by atoms with Crippen molar-refractivity contribution >= 4 is 37.0 Å². The zero-order valence-corrected chi connectivity index (χ0v) is 12.9. The highest BCUT2D eigenvalue weighted by atomic mass is 35.7. The van der Waals surface area contributed by atoms with E-state index in [2.05, 4.69) is 10.4 Å². The fraction of sp³-hybridized carbons (Fsp3) is 0.273. The maximum atomic E-state index is 11.8. The Kier molecular flexibility index (Phi) is 4.46. The fourth-order valence-electron chi connectivity index (χ4n) is 1.61. The van der Waals surface area contributed by atoms with Gasteiger partial charge in [-0.1, -0.05) is 0 Å². The molecule has 0 aromatic carbocycles. The molecule has 0 fully saturated rings. The van der Waals surface area contributed by atoms with Crippen LogP contribution >= 0.6 is 22.0 Å². The molecule has 9 heteroatoms. The molecule has 2 aromatic heterocycles. The van der Waals surface area contributed by atoms with E-state index in [1.807, 2.05) is 0 Å². The third-order valence-electron chi connectivity index (χ3n) is 2.59. The average molecular weight is 334 g/mol. The third kappa shape index (κ3) is 3.59. The Balaban J connectivity index is 1.89. The number of aromatic nitrogens is 2.